The third kappa shape index (κ3) is 12.4. The normalized spacial score (nSPS) is 13.7. The van der Waals surface area contributed by atoms with E-state index in [1.165, 1.54) is 0 Å². The van der Waals surface area contributed by atoms with Crippen molar-refractivity contribution in [3.05, 3.63) is 83.4 Å². The molecule has 0 saturated carbocycles. The number of carboxylic acid groups (broad SMARTS) is 2. The number of rotatable bonds is 18. The van der Waals surface area contributed by atoms with Crippen molar-refractivity contribution in [2.45, 2.75) is 63.9 Å². The van der Waals surface area contributed by atoms with Crippen molar-refractivity contribution >= 4 is 57.4 Å². The molecule has 0 bridgehead atoms. The average molecular weight is 714 g/mol. The molecule has 268 valence electrons. The zero-order chi connectivity index (χ0) is 36.8. The minimum Gasteiger partial charge on any atom is -0.481 e. The van der Waals surface area contributed by atoms with Crippen molar-refractivity contribution in [3.8, 4) is 0 Å². The van der Waals surface area contributed by atoms with Crippen LogP contribution >= 0.6 is 0 Å². The fourth-order valence-electron chi connectivity index (χ4n) is 4.88. The summed E-state index contributed by atoms with van der Waals surface area (Å²) < 4.78 is 27.2. The number of nitrogens with one attached hydrogen (secondary N) is 5. The second kappa shape index (κ2) is 18.7. The number of carboxylic acids is 2. The molecule has 0 aliphatic carbocycles. The third-order valence-corrected chi connectivity index (χ3v) is 7.76. The topological polar surface area (TPSA) is 250 Å². The Hall–Kier alpha value is -5.71. The summed E-state index contributed by atoms with van der Waals surface area (Å²) in [5.41, 5.74) is 1.97. The SMILES string of the molecule is CC(C)[C@H](NC(=O)[C@H](Cc1c[nH]c2ccccc12)NC(=O)[C@H](CC(=O)O)NC(=O)OCc1ccccc1)C(=O)N[C@H](/C=C/[SH](=O)=O)CC(=O)O. The van der Waals surface area contributed by atoms with Crippen molar-refractivity contribution in [1.82, 2.24) is 26.3 Å². The molecule has 0 radical (unpaired) electrons. The number of alkyl carbamates (subject to hydrolysis) is 1. The van der Waals surface area contributed by atoms with E-state index in [4.69, 9.17) is 4.74 Å². The summed E-state index contributed by atoms with van der Waals surface area (Å²) in [6.07, 6.45) is -0.0740. The summed E-state index contributed by atoms with van der Waals surface area (Å²) in [5, 5.41) is 29.9. The van der Waals surface area contributed by atoms with Crippen LogP contribution in [-0.2, 0) is 52.4 Å². The molecule has 3 aromatic rings. The Morgan fingerprint density at radius 2 is 1.44 bits per heavy atom. The highest BCUT2D eigenvalue weighted by Gasteiger charge is 2.33. The molecule has 3 rings (SSSR count). The van der Waals surface area contributed by atoms with Crippen LogP contribution in [0.15, 0.2) is 72.3 Å². The first-order valence-electron chi connectivity index (χ1n) is 15.4. The molecule has 4 amide bonds. The van der Waals surface area contributed by atoms with Gasteiger partial charge in [0.05, 0.1) is 18.9 Å². The fourth-order valence-corrected chi connectivity index (χ4v) is 5.23. The summed E-state index contributed by atoms with van der Waals surface area (Å²) >= 11 is 0. The van der Waals surface area contributed by atoms with Crippen molar-refractivity contribution in [2.75, 3.05) is 0 Å². The fraction of sp³-hybridized carbons (Fsp3) is 0.333. The summed E-state index contributed by atoms with van der Waals surface area (Å²) in [5.74, 6) is -6.02. The minimum atomic E-state index is -3.01. The number of thiol groups is 1. The lowest BCUT2D eigenvalue weighted by molar-refractivity contribution is -0.140. The second-order valence-corrected chi connectivity index (χ2v) is 12.4. The molecule has 0 spiro atoms. The summed E-state index contributed by atoms with van der Waals surface area (Å²) in [6, 6.07) is 10.2. The predicted molar refractivity (Wildman–Crippen MR) is 180 cm³/mol. The van der Waals surface area contributed by atoms with Crippen LogP contribution in [0.25, 0.3) is 10.9 Å². The van der Waals surface area contributed by atoms with E-state index >= 15 is 0 Å². The Morgan fingerprint density at radius 1 is 0.800 bits per heavy atom. The number of amides is 4. The number of aromatic nitrogens is 1. The summed E-state index contributed by atoms with van der Waals surface area (Å²) in [7, 11) is -3.01. The molecule has 0 aliphatic heterocycles. The van der Waals surface area contributed by atoms with E-state index in [-0.39, 0.29) is 13.0 Å². The van der Waals surface area contributed by atoms with E-state index in [0.29, 0.717) is 11.1 Å². The number of benzene rings is 2. The zero-order valence-electron chi connectivity index (χ0n) is 27.2. The van der Waals surface area contributed by atoms with Crippen LogP contribution in [0.3, 0.4) is 0 Å². The van der Waals surface area contributed by atoms with Crippen LogP contribution in [-0.4, -0.2) is 83.5 Å². The van der Waals surface area contributed by atoms with E-state index < -0.39 is 89.4 Å². The van der Waals surface area contributed by atoms with Crippen LogP contribution in [0.5, 0.6) is 0 Å². The summed E-state index contributed by atoms with van der Waals surface area (Å²) in [4.78, 5) is 79.2. The van der Waals surface area contributed by atoms with Gasteiger partial charge in [0.1, 0.15) is 24.7 Å². The molecular weight excluding hydrogens is 674 g/mol. The zero-order valence-corrected chi connectivity index (χ0v) is 28.1. The molecule has 0 fully saturated rings. The van der Waals surface area contributed by atoms with Gasteiger partial charge >= 0.3 is 18.0 Å². The van der Waals surface area contributed by atoms with Crippen molar-refractivity contribution in [1.29, 1.82) is 0 Å². The van der Waals surface area contributed by atoms with Crippen LogP contribution in [0.2, 0.25) is 0 Å². The Morgan fingerprint density at radius 3 is 2.08 bits per heavy atom. The molecule has 2 aromatic carbocycles. The number of carbonyl (C=O) groups is 6. The van der Waals surface area contributed by atoms with Crippen molar-refractivity contribution in [2.24, 2.45) is 5.92 Å². The van der Waals surface area contributed by atoms with Crippen LogP contribution in [0.4, 0.5) is 4.79 Å². The number of hydrogen-bond donors (Lipinski definition) is 8. The number of carbonyl (C=O) groups excluding carboxylic acids is 4. The van der Waals surface area contributed by atoms with Crippen molar-refractivity contribution in [3.63, 3.8) is 0 Å². The van der Waals surface area contributed by atoms with Gasteiger partial charge in [0.15, 0.2) is 10.7 Å². The first-order chi connectivity index (χ1) is 23.7. The lowest BCUT2D eigenvalue weighted by Gasteiger charge is -2.27. The molecule has 50 heavy (non-hydrogen) atoms. The quantitative estimate of drug-likeness (QED) is 0.0870. The molecule has 16 nitrogen and oxygen atoms in total. The third-order valence-electron chi connectivity index (χ3n) is 7.34. The predicted octanol–water partition coefficient (Wildman–Crippen LogP) is 1.19. The number of para-hydroxylation sites is 1. The molecule has 17 heteroatoms. The van der Waals surface area contributed by atoms with E-state index in [0.717, 1.165) is 22.4 Å². The van der Waals surface area contributed by atoms with Gasteiger partial charge in [-0.05, 0) is 23.1 Å². The van der Waals surface area contributed by atoms with Crippen LogP contribution in [0, 0.1) is 5.92 Å². The van der Waals surface area contributed by atoms with Gasteiger partial charge in [-0.15, -0.1) is 0 Å². The Bertz CT molecular complexity index is 1780. The van der Waals surface area contributed by atoms with Gasteiger partial charge < -0.3 is 41.2 Å². The lowest BCUT2D eigenvalue weighted by atomic mass is 10.00. The second-order valence-electron chi connectivity index (χ2n) is 11.6. The first kappa shape index (κ1) is 38.7. The molecule has 1 aromatic heterocycles. The molecule has 4 atom stereocenters. The number of ether oxygens (including phenoxy) is 1. The lowest BCUT2D eigenvalue weighted by Crippen LogP contribution is -2.59. The summed E-state index contributed by atoms with van der Waals surface area (Å²) in [6.45, 7) is 3.04. The standard InChI is InChI=1S/C33H39N5O11S/c1-19(2)29(32(45)35-22(15-27(39)40)12-13-50(47)48)38-31(44)25(14-21-17-34-24-11-7-6-10-23(21)24)36-30(43)26(16-28(41)42)37-33(46)49-18-20-8-4-3-5-9-20/h3-13,17,19,22,25-26,29,34,50H,14-16,18H2,1-2H3,(H,35,45)(H,36,43)(H,37,46)(H,38,44)(H,39,40)(H,41,42)/b13-12+/t22-,25+,26+,29+/m1/s1. The largest absolute Gasteiger partial charge is 0.481 e. The highest BCUT2D eigenvalue weighted by molar-refractivity contribution is 7.75. The number of aliphatic carboxylic acids is 2. The van der Waals surface area contributed by atoms with Crippen LogP contribution < -0.4 is 21.3 Å². The van der Waals surface area contributed by atoms with Gasteiger partial charge in [0.25, 0.3) is 0 Å². The molecular formula is C33H39N5O11S. The first-order valence-corrected chi connectivity index (χ1v) is 16.7. The van der Waals surface area contributed by atoms with Gasteiger partial charge in [-0.25, -0.2) is 13.2 Å². The Balaban J connectivity index is 1.85. The molecule has 0 aliphatic rings. The molecule has 1 heterocycles. The highest BCUT2D eigenvalue weighted by Crippen LogP contribution is 2.20. The molecule has 0 saturated heterocycles. The average Bonchev–Trinajstić information content (AvgIpc) is 3.46. The van der Waals surface area contributed by atoms with Gasteiger partial charge in [0.2, 0.25) is 17.7 Å². The molecule has 0 unspecified atom stereocenters. The highest BCUT2D eigenvalue weighted by atomic mass is 32.2. The van der Waals surface area contributed by atoms with Crippen LogP contribution in [0.1, 0.15) is 37.8 Å². The Labute approximate surface area is 288 Å². The van der Waals surface area contributed by atoms with Gasteiger partial charge in [-0.2, -0.15) is 0 Å². The monoisotopic (exact) mass is 713 g/mol. The number of hydrogen-bond acceptors (Lipinski definition) is 9. The van der Waals surface area contributed by atoms with Gasteiger partial charge in [-0.1, -0.05) is 68.5 Å². The van der Waals surface area contributed by atoms with E-state index in [2.05, 4.69) is 26.3 Å². The molecule has 7 N–H and O–H groups in total. The van der Waals surface area contributed by atoms with E-state index in [1.54, 1.807) is 74.6 Å². The van der Waals surface area contributed by atoms with E-state index in [9.17, 15) is 47.4 Å². The minimum absolute atomic E-state index is 0.132. The maximum atomic E-state index is 13.8. The smallest absolute Gasteiger partial charge is 0.408 e. The maximum absolute atomic E-state index is 13.8. The van der Waals surface area contributed by atoms with E-state index in [1.807, 2.05) is 0 Å². The van der Waals surface area contributed by atoms with Crippen molar-refractivity contribution < 1.29 is 52.1 Å². The number of H-pyrrole nitrogens is 1. The van der Waals surface area contributed by atoms with Gasteiger partial charge in [-0.3, -0.25) is 24.0 Å². The Kier molecular flexibility index (Phi) is 14.5. The number of aromatic amines is 1. The number of fused-ring (bicyclic) bond motifs is 1. The van der Waals surface area contributed by atoms with Gasteiger partial charge in [0, 0.05) is 28.9 Å². The maximum Gasteiger partial charge on any atom is 0.408 e.